The predicted molar refractivity (Wildman–Crippen MR) is 184 cm³/mol. The zero-order chi connectivity index (χ0) is 31.5. The molecule has 0 unspecified atom stereocenters. The Morgan fingerprint density at radius 1 is 0.978 bits per heavy atom. The molecule has 3 heterocycles. The molecule has 6 rings (SSSR count). The molecule has 46 heavy (non-hydrogen) atoms. The number of imide groups is 1. The summed E-state index contributed by atoms with van der Waals surface area (Å²) in [4.78, 5) is 50.6. The van der Waals surface area contributed by atoms with E-state index >= 15 is 0 Å². The minimum atomic E-state index is -0.955. The molecule has 0 radical (unpaired) electrons. The van der Waals surface area contributed by atoms with Gasteiger partial charge in [0.1, 0.15) is 5.82 Å². The van der Waals surface area contributed by atoms with E-state index in [-0.39, 0.29) is 36.2 Å². The summed E-state index contributed by atoms with van der Waals surface area (Å²) in [6.07, 6.45) is 5.15. The van der Waals surface area contributed by atoms with E-state index in [4.69, 9.17) is 11.5 Å². The largest absolute Gasteiger partial charge is 0.354 e. The van der Waals surface area contributed by atoms with Crippen LogP contribution >= 0.6 is 12.4 Å². The molecule has 12 heteroatoms. The number of likely N-dealkylation sites (N-methyl/N-ethyl adjacent to an activating group) is 1. The molecule has 2 amide bonds. The van der Waals surface area contributed by atoms with Crippen LogP contribution in [0.2, 0.25) is 0 Å². The lowest BCUT2D eigenvalue weighted by Gasteiger charge is -2.33. The molecule has 2 aliphatic rings. The van der Waals surface area contributed by atoms with Crippen molar-refractivity contribution in [1.29, 1.82) is 0 Å². The first-order valence-electron chi connectivity index (χ1n) is 15.8. The van der Waals surface area contributed by atoms with Crippen molar-refractivity contribution in [3.63, 3.8) is 0 Å². The smallest absolute Gasteiger partial charge is 0.271 e. The Labute approximate surface area is 274 Å². The molecule has 244 valence electrons. The van der Waals surface area contributed by atoms with Gasteiger partial charge < -0.3 is 21.3 Å². The molecule has 1 saturated carbocycles. The zero-order valence-corrected chi connectivity index (χ0v) is 27.0. The first kappa shape index (κ1) is 33.3. The molecular formula is C34H43ClN8O3. The van der Waals surface area contributed by atoms with Gasteiger partial charge in [0.05, 0.1) is 22.6 Å². The van der Waals surface area contributed by atoms with E-state index < -0.39 is 11.9 Å². The monoisotopic (exact) mass is 646 g/mol. The fourth-order valence-electron chi connectivity index (χ4n) is 6.55. The molecule has 4 aromatic rings. The van der Waals surface area contributed by atoms with Gasteiger partial charge in [0.2, 0.25) is 5.91 Å². The number of H-pyrrole nitrogens is 2. The normalized spacial score (nSPS) is 19.4. The number of halogens is 1. The molecule has 2 fully saturated rings. The number of piperazine rings is 1. The molecule has 2 aromatic carbocycles. The summed E-state index contributed by atoms with van der Waals surface area (Å²) in [5.74, 6) is 0.324. The quantitative estimate of drug-likeness (QED) is 0.227. The number of nitrogens with zero attached hydrogens (tertiary/aromatic N) is 4. The number of anilines is 2. The van der Waals surface area contributed by atoms with Gasteiger partial charge in [-0.15, -0.1) is 12.4 Å². The van der Waals surface area contributed by atoms with Crippen LogP contribution < -0.4 is 26.8 Å². The van der Waals surface area contributed by atoms with Gasteiger partial charge in [0, 0.05) is 38.3 Å². The van der Waals surface area contributed by atoms with Gasteiger partial charge in [-0.25, -0.2) is 9.88 Å². The molecule has 11 nitrogen and oxygen atoms in total. The highest BCUT2D eigenvalue weighted by Gasteiger charge is 2.35. The summed E-state index contributed by atoms with van der Waals surface area (Å²) in [7, 11) is 2.13. The fraction of sp³-hybridized carbons (Fsp3) is 0.412. The van der Waals surface area contributed by atoms with Gasteiger partial charge in [-0.2, -0.15) is 0 Å². The van der Waals surface area contributed by atoms with Crippen molar-refractivity contribution in [2.75, 3.05) is 49.6 Å². The number of aromatic amines is 2. The van der Waals surface area contributed by atoms with E-state index in [2.05, 4.69) is 38.1 Å². The van der Waals surface area contributed by atoms with Crippen molar-refractivity contribution in [3.05, 3.63) is 76.7 Å². The number of pyridine rings is 1. The summed E-state index contributed by atoms with van der Waals surface area (Å²) >= 11 is 0. The third kappa shape index (κ3) is 7.18. The van der Waals surface area contributed by atoms with Crippen molar-refractivity contribution in [2.24, 2.45) is 23.3 Å². The van der Waals surface area contributed by atoms with Crippen molar-refractivity contribution in [1.82, 2.24) is 20.1 Å². The standard InChI is InChI=1S/C34H42N8O3.ClH/c1-40-13-15-41(16-14-40)31-19-26(11-12-37-31)25-4-2-3-23(17-25)18-29(36)34(45)42(33(44)24-7-5-22(21-35)6-8-24)27-9-10-28-30(20-27)38-39-32(28)43;/h2-4,9-12,17,19-20,22,24,29H,5-8,13-16,18,21,35-36H2,1H3,(H2,38,39,43);1H/t22-,24-,29-;/m0./s1. The van der Waals surface area contributed by atoms with E-state index in [0.717, 1.165) is 61.5 Å². The number of fused-ring (bicyclic) bond motifs is 1. The van der Waals surface area contributed by atoms with Crippen LogP contribution in [0, 0.1) is 11.8 Å². The fourth-order valence-corrected chi connectivity index (χ4v) is 6.55. The third-order valence-corrected chi connectivity index (χ3v) is 9.39. The van der Waals surface area contributed by atoms with Gasteiger partial charge >= 0.3 is 0 Å². The molecule has 1 aliphatic heterocycles. The maximum Gasteiger partial charge on any atom is 0.271 e. The SMILES string of the molecule is CN1CCN(c2cc(-c3cccc(C[C@H](N)C(=O)N(c4ccc5c(=O)[nH][nH]c5c4)C(=O)[C@H]4CC[C@H](CN)CC4)c3)ccn2)CC1.Cl. The van der Waals surface area contributed by atoms with E-state index in [1.807, 2.05) is 36.5 Å². The first-order valence-corrected chi connectivity index (χ1v) is 15.8. The molecule has 2 aromatic heterocycles. The lowest BCUT2D eigenvalue weighted by molar-refractivity contribution is -0.130. The van der Waals surface area contributed by atoms with E-state index in [1.165, 1.54) is 4.90 Å². The number of benzene rings is 2. The lowest BCUT2D eigenvalue weighted by atomic mass is 9.81. The maximum absolute atomic E-state index is 14.1. The summed E-state index contributed by atoms with van der Waals surface area (Å²) in [6, 6.07) is 16.1. The van der Waals surface area contributed by atoms with Crippen LogP contribution in [0.3, 0.4) is 0 Å². The van der Waals surface area contributed by atoms with Crippen LogP contribution in [-0.2, 0) is 16.0 Å². The molecule has 0 spiro atoms. The van der Waals surface area contributed by atoms with Gasteiger partial charge in [0.25, 0.3) is 11.5 Å². The number of aromatic nitrogens is 3. The van der Waals surface area contributed by atoms with Gasteiger partial charge in [-0.3, -0.25) is 24.6 Å². The summed E-state index contributed by atoms with van der Waals surface area (Å²) < 4.78 is 0. The summed E-state index contributed by atoms with van der Waals surface area (Å²) in [5.41, 5.74) is 16.1. The second kappa shape index (κ2) is 14.6. The number of carbonyl (C=O) groups excluding carboxylic acids is 2. The minimum Gasteiger partial charge on any atom is -0.354 e. The number of hydrogen-bond donors (Lipinski definition) is 4. The first-order chi connectivity index (χ1) is 21.8. The van der Waals surface area contributed by atoms with Gasteiger partial charge in [0.15, 0.2) is 0 Å². The van der Waals surface area contributed by atoms with Crippen LogP contribution in [0.1, 0.15) is 31.2 Å². The molecule has 0 bridgehead atoms. The van der Waals surface area contributed by atoms with Crippen molar-refractivity contribution >= 4 is 46.6 Å². The highest BCUT2D eigenvalue weighted by Crippen LogP contribution is 2.32. The Morgan fingerprint density at radius 2 is 1.72 bits per heavy atom. The number of nitrogens with two attached hydrogens (primary N) is 2. The second-order valence-electron chi connectivity index (χ2n) is 12.5. The topological polar surface area (TPSA) is 157 Å². The van der Waals surface area contributed by atoms with Crippen LogP contribution in [0.15, 0.2) is 65.6 Å². The van der Waals surface area contributed by atoms with Crippen LogP contribution in [-0.4, -0.2) is 77.7 Å². The Kier molecular flexibility index (Phi) is 10.6. The van der Waals surface area contributed by atoms with E-state index in [0.29, 0.717) is 41.9 Å². The third-order valence-electron chi connectivity index (χ3n) is 9.39. The Balaban J connectivity index is 0.00000417. The number of amides is 2. The maximum atomic E-state index is 14.1. The minimum absolute atomic E-state index is 0. The Morgan fingerprint density at radius 3 is 2.46 bits per heavy atom. The summed E-state index contributed by atoms with van der Waals surface area (Å²) in [6.45, 7) is 4.46. The van der Waals surface area contributed by atoms with Gasteiger partial charge in [-0.1, -0.05) is 24.3 Å². The van der Waals surface area contributed by atoms with Crippen molar-refractivity contribution in [3.8, 4) is 11.1 Å². The molecular weight excluding hydrogens is 604 g/mol. The van der Waals surface area contributed by atoms with Crippen LogP contribution in [0.25, 0.3) is 22.0 Å². The van der Waals surface area contributed by atoms with Crippen LogP contribution in [0.4, 0.5) is 11.5 Å². The average molecular weight is 647 g/mol. The lowest BCUT2D eigenvalue weighted by Crippen LogP contribution is -2.50. The van der Waals surface area contributed by atoms with Crippen molar-refractivity contribution < 1.29 is 9.59 Å². The number of hydrogen-bond acceptors (Lipinski definition) is 8. The predicted octanol–water partition coefficient (Wildman–Crippen LogP) is 3.29. The number of carbonyl (C=O) groups is 2. The highest BCUT2D eigenvalue weighted by molar-refractivity contribution is 6.17. The molecule has 1 atom stereocenters. The van der Waals surface area contributed by atoms with E-state index in [9.17, 15) is 14.4 Å². The molecule has 6 N–H and O–H groups in total. The second-order valence-corrected chi connectivity index (χ2v) is 12.5. The molecule has 1 saturated heterocycles. The highest BCUT2D eigenvalue weighted by atomic mass is 35.5. The number of rotatable bonds is 8. The number of nitrogens with one attached hydrogen (secondary N) is 2. The summed E-state index contributed by atoms with van der Waals surface area (Å²) in [5, 5.41) is 5.84. The van der Waals surface area contributed by atoms with E-state index in [1.54, 1.807) is 18.2 Å². The van der Waals surface area contributed by atoms with Crippen molar-refractivity contribution in [2.45, 2.75) is 38.1 Å². The Bertz CT molecular complexity index is 1720. The average Bonchev–Trinajstić information content (AvgIpc) is 3.45. The van der Waals surface area contributed by atoms with Gasteiger partial charge in [-0.05, 0) is 98.6 Å². The Hall–Kier alpha value is -4.03. The van der Waals surface area contributed by atoms with Crippen LogP contribution in [0.5, 0.6) is 0 Å². The zero-order valence-electron chi connectivity index (χ0n) is 26.2. The molecule has 1 aliphatic carbocycles.